The van der Waals surface area contributed by atoms with Crippen LogP contribution in [0.2, 0.25) is 0 Å². The largest absolute Gasteiger partial charge is 0.481 e. The van der Waals surface area contributed by atoms with Gasteiger partial charge in [-0.25, -0.2) is 4.58 Å². The van der Waals surface area contributed by atoms with Crippen LogP contribution in [-0.2, 0) is 4.79 Å². The Balaban J connectivity index is 1.63. The number of hydrogen-bond donors (Lipinski definition) is 1. The monoisotopic (exact) mass is 618 g/mol. The summed E-state index contributed by atoms with van der Waals surface area (Å²) in [6, 6.07) is 10.7. The lowest BCUT2D eigenvalue weighted by atomic mass is 9.83. The zero-order valence-corrected chi connectivity index (χ0v) is 28.0. The minimum absolute atomic E-state index is 0.144. The van der Waals surface area contributed by atoms with Gasteiger partial charge in [-0.05, 0) is 88.4 Å². The van der Waals surface area contributed by atoms with E-state index in [1.165, 1.54) is 11.1 Å². The Bertz CT molecular complexity index is 1970. The third kappa shape index (κ3) is 5.36. The number of carboxylic acid groups (broad SMARTS) is 1. The Kier molecular flexibility index (Phi) is 7.99. The van der Waals surface area contributed by atoms with E-state index in [9.17, 15) is 9.59 Å². The molecule has 0 saturated carbocycles. The molecule has 0 radical (unpaired) electrons. The van der Waals surface area contributed by atoms with Gasteiger partial charge in [-0.3, -0.25) is 14.6 Å². The number of carboxylic acids is 1. The molecule has 238 valence electrons. The Morgan fingerprint density at radius 2 is 1.72 bits per heavy atom. The molecule has 1 N–H and O–H groups in total. The number of carbonyl (C=O) groups excluding carboxylic acids is 1. The number of aldehydes is 1. The van der Waals surface area contributed by atoms with Gasteiger partial charge >= 0.3 is 5.97 Å². The highest BCUT2D eigenvalue weighted by Gasteiger charge is 2.36. The lowest BCUT2D eigenvalue weighted by Gasteiger charge is -2.43. The summed E-state index contributed by atoms with van der Waals surface area (Å²) in [6.07, 6.45) is 11.5. The first-order chi connectivity index (χ1) is 21.9. The molecule has 0 spiro atoms. The highest BCUT2D eigenvalue weighted by atomic mass is 16.5. The Morgan fingerprint density at radius 1 is 0.957 bits per heavy atom. The number of allylic oxidation sites excluding steroid dienone is 2. The minimum Gasteiger partial charge on any atom is -0.481 e. The maximum atomic E-state index is 12.4. The topological polar surface area (TPSA) is 82.7 Å². The summed E-state index contributed by atoms with van der Waals surface area (Å²) in [6.45, 7) is 17.1. The van der Waals surface area contributed by atoms with Crippen molar-refractivity contribution < 1.29 is 19.4 Å². The van der Waals surface area contributed by atoms with Crippen LogP contribution in [0.5, 0.6) is 11.5 Å². The Morgan fingerprint density at radius 3 is 2.43 bits per heavy atom. The number of fused-ring (bicyclic) bond motifs is 4. The summed E-state index contributed by atoms with van der Waals surface area (Å²) in [5.74, 6) is 0.770. The van der Waals surface area contributed by atoms with Gasteiger partial charge < -0.3 is 14.7 Å². The number of aliphatic carboxylic acids is 1. The van der Waals surface area contributed by atoms with E-state index in [0.717, 1.165) is 87.8 Å². The number of rotatable bonds is 9. The summed E-state index contributed by atoms with van der Waals surface area (Å²) in [7, 11) is 0. The SMILES string of the molecule is CCN1c2cc3c(cc2C(C)=CC1(C)C)C(c1ccncc1C=O)=c1cc2c(cc1O3)=[N+](CCCCCC(=O)O)C(C)(C)C=C2C. The number of hydrogen-bond acceptors (Lipinski definition) is 5. The zero-order valence-electron chi connectivity index (χ0n) is 28.0. The summed E-state index contributed by atoms with van der Waals surface area (Å²) in [5.41, 5.74) is 8.73. The zero-order chi connectivity index (χ0) is 33.0. The van der Waals surface area contributed by atoms with Gasteiger partial charge in [0.25, 0.3) is 0 Å². The van der Waals surface area contributed by atoms with E-state index in [1.807, 2.05) is 6.07 Å². The van der Waals surface area contributed by atoms with Crippen LogP contribution in [-0.4, -0.2) is 46.5 Å². The van der Waals surface area contributed by atoms with Crippen LogP contribution < -0.4 is 24.8 Å². The molecule has 7 heteroatoms. The Hall–Kier alpha value is -4.52. The first-order valence-electron chi connectivity index (χ1n) is 16.3. The predicted octanol–water partition coefficient (Wildman–Crippen LogP) is 6.60. The van der Waals surface area contributed by atoms with E-state index in [-0.39, 0.29) is 17.5 Å². The minimum atomic E-state index is -0.747. The van der Waals surface area contributed by atoms with Gasteiger partial charge in [0.15, 0.2) is 11.8 Å². The van der Waals surface area contributed by atoms with Crippen LogP contribution in [0, 0.1) is 0 Å². The molecule has 6 rings (SSSR count). The molecular formula is C39H44N3O4+. The fourth-order valence-corrected chi connectivity index (χ4v) is 7.76. The maximum absolute atomic E-state index is 12.4. The molecule has 0 bridgehead atoms. The van der Waals surface area contributed by atoms with Crippen molar-refractivity contribution in [1.82, 2.24) is 9.56 Å². The van der Waals surface area contributed by atoms with Crippen LogP contribution in [0.15, 0.2) is 54.9 Å². The van der Waals surface area contributed by atoms with E-state index in [4.69, 9.17) is 9.84 Å². The normalized spacial score (nSPS) is 17.2. The van der Waals surface area contributed by atoms with Crippen molar-refractivity contribution in [2.75, 3.05) is 18.0 Å². The molecule has 7 nitrogen and oxygen atoms in total. The molecule has 0 unspecified atom stereocenters. The first kappa shape index (κ1) is 31.5. The van der Waals surface area contributed by atoms with Gasteiger partial charge in [0, 0.05) is 90.4 Å². The third-order valence-corrected chi connectivity index (χ3v) is 9.75. The van der Waals surface area contributed by atoms with Crippen LogP contribution >= 0.6 is 0 Å². The lowest BCUT2D eigenvalue weighted by molar-refractivity contribution is -0.137. The number of unbranched alkanes of at least 4 members (excludes halogenated alkanes) is 2. The highest BCUT2D eigenvalue weighted by Crippen LogP contribution is 2.46. The number of anilines is 1. The molecule has 4 heterocycles. The molecule has 0 saturated heterocycles. The fraction of sp³-hybridized carbons (Fsp3) is 0.385. The molecule has 3 aliphatic rings. The quantitative estimate of drug-likeness (QED) is 0.129. The number of pyridine rings is 1. The molecule has 46 heavy (non-hydrogen) atoms. The predicted molar refractivity (Wildman–Crippen MR) is 184 cm³/mol. The number of carbonyl (C=O) groups is 2. The van der Waals surface area contributed by atoms with Crippen molar-refractivity contribution in [1.29, 1.82) is 0 Å². The number of benzene rings is 2. The number of nitrogens with zero attached hydrogens (tertiary/aromatic N) is 3. The van der Waals surface area contributed by atoms with Crippen molar-refractivity contribution in [3.63, 3.8) is 0 Å². The second-order valence-electron chi connectivity index (χ2n) is 13.9. The second-order valence-corrected chi connectivity index (χ2v) is 13.9. The van der Waals surface area contributed by atoms with Gasteiger partial charge in [0.2, 0.25) is 5.36 Å². The van der Waals surface area contributed by atoms with Gasteiger partial charge in [0.1, 0.15) is 18.0 Å². The molecule has 3 aromatic rings. The van der Waals surface area contributed by atoms with E-state index in [2.05, 4.69) is 99.3 Å². The number of aromatic nitrogens is 1. The third-order valence-electron chi connectivity index (χ3n) is 9.75. The summed E-state index contributed by atoms with van der Waals surface area (Å²) >= 11 is 0. The van der Waals surface area contributed by atoms with Gasteiger partial charge in [0.05, 0.1) is 11.6 Å². The van der Waals surface area contributed by atoms with Crippen LogP contribution in [0.4, 0.5) is 5.69 Å². The second kappa shape index (κ2) is 11.7. The molecule has 0 atom stereocenters. The summed E-state index contributed by atoms with van der Waals surface area (Å²) < 4.78 is 9.29. The van der Waals surface area contributed by atoms with E-state index in [0.29, 0.717) is 12.0 Å². The number of ether oxygens (including phenoxy) is 1. The maximum Gasteiger partial charge on any atom is 0.303 e. The van der Waals surface area contributed by atoms with Crippen molar-refractivity contribution in [3.8, 4) is 11.5 Å². The Labute approximate surface area is 271 Å². The average Bonchev–Trinajstić information content (AvgIpc) is 2.99. The van der Waals surface area contributed by atoms with Crippen LogP contribution in [0.3, 0.4) is 0 Å². The molecule has 0 fully saturated rings. The summed E-state index contributed by atoms with van der Waals surface area (Å²) in [5, 5.41) is 11.1. The molecular weight excluding hydrogens is 574 g/mol. The molecule has 0 amide bonds. The standard InChI is InChI=1S/C39H43N3O4/c1-8-41-32-18-34-30(16-28(32)24(2)20-38(41,4)5)37(27-13-14-40-22-26(27)23-43)31-17-29-25(3)21-39(6,7)42(33(29)19-35(31)46-34)15-11-9-10-12-36(44)45/h13-14,16-23H,8-12,15H2,1-7H3/p+1. The highest BCUT2D eigenvalue weighted by molar-refractivity contribution is 5.96. The average molecular weight is 619 g/mol. The van der Waals surface area contributed by atoms with Crippen molar-refractivity contribution >= 4 is 34.7 Å². The molecule has 0 aliphatic carbocycles. The van der Waals surface area contributed by atoms with Crippen molar-refractivity contribution in [2.24, 2.45) is 0 Å². The fourth-order valence-electron chi connectivity index (χ4n) is 7.76. The lowest BCUT2D eigenvalue weighted by Crippen LogP contribution is -2.50. The first-order valence-corrected chi connectivity index (χ1v) is 16.3. The van der Waals surface area contributed by atoms with Crippen LogP contribution in [0.25, 0.3) is 16.7 Å². The van der Waals surface area contributed by atoms with Crippen molar-refractivity contribution in [2.45, 2.75) is 85.2 Å². The van der Waals surface area contributed by atoms with E-state index >= 15 is 0 Å². The van der Waals surface area contributed by atoms with E-state index < -0.39 is 5.97 Å². The van der Waals surface area contributed by atoms with Crippen LogP contribution in [0.1, 0.15) is 107 Å². The van der Waals surface area contributed by atoms with E-state index in [1.54, 1.807) is 12.4 Å². The van der Waals surface area contributed by atoms with Gasteiger partial charge in [-0.2, -0.15) is 0 Å². The smallest absolute Gasteiger partial charge is 0.303 e. The molecule has 2 aromatic carbocycles. The molecule has 1 aromatic heterocycles. The van der Waals surface area contributed by atoms with Gasteiger partial charge in [-0.1, -0.05) is 6.08 Å². The number of likely N-dealkylation sites (N-methyl/N-ethyl adjacent to an activating group) is 1. The van der Waals surface area contributed by atoms with Crippen molar-refractivity contribution in [3.05, 3.63) is 93.3 Å². The molecule has 3 aliphatic heterocycles. The van der Waals surface area contributed by atoms with Gasteiger partial charge in [-0.15, -0.1) is 0 Å². The summed E-state index contributed by atoms with van der Waals surface area (Å²) in [4.78, 5) is 30.1.